The fraction of sp³-hybridized carbons (Fsp3) is 0.471. The van der Waals surface area contributed by atoms with E-state index in [0.29, 0.717) is 0 Å². The summed E-state index contributed by atoms with van der Waals surface area (Å²) in [5, 5.41) is 0. The molecule has 0 N–H and O–H groups in total. The van der Waals surface area contributed by atoms with E-state index in [1.165, 1.54) is 24.2 Å². The average molecular weight is 289 g/mol. The van der Waals surface area contributed by atoms with Crippen LogP contribution in [0.5, 0.6) is 11.5 Å². The van der Waals surface area contributed by atoms with Gasteiger partial charge in [0.2, 0.25) is 0 Å². The smallest absolute Gasteiger partial charge is 0.253 e. The summed E-state index contributed by atoms with van der Waals surface area (Å²) in [5.41, 5.74) is 1.17. The van der Waals surface area contributed by atoms with Gasteiger partial charge in [0.15, 0.2) is 0 Å². The molecule has 0 saturated heterocycles. The SMILES string of the molecule is CCCCn1cc[n+](Cc2cc(OC)cc(OC)c2)c1C. The van der Waals surface area contributed by atoms with Gasteiger partial charge in [-0.2, -0.15) is 0 Å². The molecule has 0 amide bonds. The second-order valence-corrected chi connectivity index (χ2v) is 5.24. The lowest BCUT2D eigenvalue weighted by Gasteiger charge is -2.08. The van der Waals surface area contributed by atoms with Crippen LogP contribution >= 0.6 is 0 Å². The number of hydrogen-bond acceptors (Lipinski definition) is 2. The zero-order valence-corrected chi connectivity index (χ0v) is 13.4. The normalized spacial score (nSPS) is 10.7. The van der Waals surface area contributed by atoms with Crippen molar-refractivity contribution in [3.63, 3.8) is 0 Å². The first-order chi connectivity index (χ1) is 10.2. The molecule has 0 spiro atoms. The molecule has 0 fully saturated rings. The van der Waals surface area contributed by atoms with Gasteiger partial charge in [-0.15, -0.1) is 0 Å². The van der Waals surface area contributed by atoms with Crippen molar-refractivity contribution in [2.24, 2.45) is 0 Å². The quantitative estimate of drug-likeness (QED) is 0.733. The van der Waals surface area contributed by atoms with Crippen LogP contribution in [-0.2, 0) is 13.1 Å². The topological polar surface area (TPSA) is 27.3 Å². The van der Waals surface area contributed by atoms with Crippen LogP contribution in [0.3, 0.4) is 0 Å². The third-order valence-corrected chi connectivity index (χ3v) is 3.77. The molecule has 1 aromatic heterocycles. The van der Waals surface area contributed by atoms with E-state index in [4.69, 9.17) is 9.47 Å². The van der Waals surface area contributed by atoms with E-state index < -0.39 is 0 Å². The molecule has 4 nitrogen and oxygen atoms in total. The summed E-state index contributed by atoms with van der Waals surface area (Å²) < 4.78 is 15.2. The first-order valence-corrected chi connectivity index (χ1v) is 7.45. The van der Waals surface area contributed by atoms with E-state index in [1.54, 1.807) is 14.2 Å². The van der Waals surface area contributed by atoms with E-state index in [2.05, 4.69) is 47.5 Å². The predicted octanol–water partition coefficient (Wildman–Crippen LogP) is 2.95. The minimum atomic E-state index is 0.818. The van der Waals surface area contributed by atoms with Crippen molar-refractivity contribution in [1.29, 1.82) is 0 Å². The number of ether oxygens (including phenoxy) is 2. The number of methoxy groups -OCH3 is 2. The van der Waals surface area contributed by atoms with Crippen LogP contribution in [-0.4, -0.2) is 18.8 Å². The highest BCUT2D eigenvalue weighted by Crippen LogP contribution is 2.22. The van der Waals surface area contributed by atoms with E-state index in [1.807, 2.05) is 6.07 Å². The van der Waals surface area contributed by atoms with Crippen LogP contribution in [0.15, 0.2) is 30.6 Å². The lowest BCUT2D eigenvalue weighted by Crippen LogP contribution is -2.36. The van der Waals surface area contributed by atoms with Crippen molar-refractivity contribution in [1.82, 2.24) is 4.57 Å². The first-order valence-electron chi connectivity index (χ1n) is 7.45. The predicted molar refractivity (Wildman–Crippen MR) is 82.9 cm³/mol. The largest absolute Gasteiger partial charge is 0.497 e. The van der Waals surface area contributed by atoms with Crippen molar-refractivity contribution >= 4 is 0 Å². The molecule has 0 atom stereocenters. The Morgan fingerprint density at radius 1 is 1.10 bits per heavy atom. The van der Waals surface area contributed by atoms with Crippen molar-refractivity contribution in [2.45, 2.75) is 39.8 Å². The number of aromatic nitrogens is 2. The molecule has 4 heteroatoms. The van der Waals surface area contributed by atoms with Gasteiger partial charge in [0.25, 0.3) is 5.82 Å². The van der Waals surface area contributed by atoms with Crippen LogP contribution in [0.25, 0.3) is 0 Å². The van der Waals surface area contributed by atoms with Gasteiger partial charge in [-0.3, -0.25) is 0 Å². The molecule has 0 aliphatic heterocycles. The molecule has 0 aliphatic rings. The molecule has 114 valence electrons. The Bertz CT molecular complexity index is 568. The zero-order valence-electron chi connectivity index (χ0n) is 13.4. The van der Waals surface area contributed by atoms with E-state index in [-0.39, 0.29) is 0 Å². The summed E-state index contributed by atoms with van der Waals surface area (Å²) >= 11 is 0. The number of rotatable bonds is 7. The molecule has 0 radical (unpaired) electrons. The average Bonchev–Trinajstić information content (AvgIpc) is 2.85. The summed E-state index contributed by atoms with van der Waals surface area (Å²) in [7, 11) is 3.36. The van der Waals surface area contributed by atoms with E-state index >= 15 is 0 Å². The number of imidazole rings is 1. The van der Waals surface area contributed by atoms with Crippen molar-refractivity contribution < 1.29 is 14.0 Å². The Kier molecular flexibility index (Phi) is 5.26. The van der Waals surface area contributed by atoms with Crippen LogP contribution in [0.2, 0.25) is 0 Å². The summed E-state index contributed by atoms with van der Waals surface area (Å²) in [5.74, 6) is 2.92. The molecular formula is C17H25N2O2+. The van der Waals surface area contributed by atoms with Gasteiger partial charge in [-0.25, -0.2) is 9.13 Å². The maximum Gasteiger partial charge on any atom is 0.253 e. The standard InChI is InChI=1S/C17H25N2O2/c1-5-6-7-18-8-9-19(14(18)2)13-15-10-16(20-3)12-17(11-15)21-4/h8-12H,5-7,13H2,1-4H3/q+1. The van der Waals surface area contributed by atoms with Gasteiger partial charge in [0, 0.05) is 18.6 Å². The Balaban J connectivity index is 2.19. The Labute approximate surface area is 126 Å². The molecule has 0 saturated carbocycles. The minimum Gasteiger partial charge on any atom is -0.497 e. The van der Waals surface area contributed by atoms with Gasteiger partial charge >= 0.3 is 0 Å². The van der Waals surface area contributed by atoms with Gasteiger partial charge < -0.3 is 9.47 Å². The van der Waals surface area contributed by atoms with Gasteiger partial charge in [0.05, 0.1) is 20.8 Å². The fourth-order valence-corrected chi connectivity index (χ4v) is 2.43. The van der Waals surface area contributed by atoms with Gasteiger partial charge in [-0.1, -0.05) is 13.3 Å². The number of hydrogen-bond donors (Lipinski definition) is 0. The van der Waals surface area contributed by atoms with Crippen LogP contribution < -0.4 is 14.0 Å². The van der Waals surface area contributed by atoms with E-state index in [0.717, 1.165) is 24.6 Å². The molecule has 0 aliphatic carbocycles. The monoisotopic (exact) mass is 289 g/mol. The minimum absolute atomic E-state index is 0.818. The van der Waals surface area contributed by atoms with Gasteiger partial charge in [0.1, 0.15) is 30.4 Å². The van der Waals surface area contributed by atoms with Gasteiger partial charge in [-0.05, 0) is 18.6 Å². The Morgan fingerprint density at radius 3 is 2.33 bits per heavy atom. The highest BCUT2D eigenvalue weighted by molar-refractivity contribution is 5.38. The number of nitrogens with zero attached hydrogens (tertiary/aromatic N) is 2. The molecule has 2 aromatic rings. The number of benzene rings is 1. The Hall–Kier alpha value is -1.97. The number of unbranched alkanes of at least 4 members (excludes halogenated alkanes) is 1. The molecule has 21 heavy (non-hydrogen) atoms. The lowest BCUT2D eigenvalue weighted by molar-refractivity contribution is -0.694. The summed E-state index contributed by atoms with van der Waals surface area (Å²) in [4.78, 5) is 0. The molecule has 0 bridgehead atoms. The third-order valence-electron chi connectivity index (χ3n) is 3.77. The highest BCUT2D eigenvalue weighted by Gasteiger charge is 2.13. The molecular weight excluding hydrogens is 264 g/mol. The molecule has 1 aromatic carbocycles. The maximum atomic E-state index is 5.33. The van der Waals surface area contributed by atoms with Crippen molar-refractivity contribution in [3.8, 4) is 11.5 Å². The Morgan fingerprint density at radius 2 is 1.76 bits per heavy atom. The maximum absolute atomic E-state index is 5.33. The molecule has 0 unspecified atom stereocenters. The van der Waals surface area contributed by atoms with Crippen molar-refractivity contribution in [2.75, 3.05) is 14.2 Å². The fourth-order valence-electron chi connectivity index (χ4n) is 2.43. The summed E-state index contributed by atoms with van der Waals surface area (Å²) in [6, 6.07) is 6.00. The summed E-state index contributed by atoms with van der Waals surface area (Å²) in [6.07, 6.45) is 6.71. The summed E-state index contributed by atoms with van der Waals surface area (Å²) in [6.45, 7) is 6.28. The van der Waals surface area contributed by atoms with Crippen LogP contribution in [0.4, 0.5) is 0 Å². The molecule has 2 rings (SSSR count). The first kappa shape index (κ1) is 15.4. The van der Waals surface area contributed by atoms with E-state index in [9.17, 15) is 0 Å². The van der Waals surface area contributed by atoms with Crippen molar-refractivity contribution in [3.05, 3.63) is 42.0 Å². The lowest BCUT2D eigenvalue weighted by atomic mass is 10.2. The molecule has 1 heterocycles. The van der Waals surface area contributed by atoms with Crippen LogP contribution in [0, 0.1) is 6.92 Å². The van der Waals surface area contributed by atoms with Crippen LogP contribution in [0.1, 0.15) is 31.2 Å². The second kappa shape index (κ2) is 7.16. The highest BCUT2D eigenvalue weighted by atomic mass is 16.5. The zero-order chi connectivity index (χ0) is 15.2. The second-order valence-electron chi connectivity index (χ2n) is 5.24. The number of aryl methyl sites for hydroxylation is 1. The third kappa shape index (κ3) is 3.78.